The predicted molar refractivity (Wildman–Crippen MR) is 74.3 cm³/mol. The smallest absolute Gasteiger partial charge is 0.0252 e. The molecule has 1 heterocycles. The first-order valence-corrected chi connectivity index (χ1v) is 7.37. The maximum absolute atomic E-state index is 3.66. The number of hydrogen-bond donors (Lipinski definition) is 1. The molecule has 0 radical (unpaired) electrons. The molecule has 0 aromatic heterocycles. The van der Waals surface area contributed by atoms with Crippen molar-refractivity contribution in [1.29, 1.82) is 0 Å². The summed E-state index contributed by atoms with van der Waals surface area (Å²) in [5.74, 6) is 0. The van der Waals surface area contributed by atoms with E-state index in [1.165, 1.54) is 51.7 Å². The lowest BCUT2D eigenvalue weighted by Crippen LogP contribution is -2.50. The van der Waals surface area contributed by atoms with E-state index in [9.17, 15) is 0 Å². The van der Waals surface area contributed by atoms with Crippen molar-refractivity contribution in [1.82, 2.24) is 10.2 Å². The Balaban J connectivity index is 1.93. The Labute approximate surface area is 107 Å². The Morgan fingerprint density at radius 3 is 2.35 bits per heavy atom. The Morgan fingerprint density at radius 2 is 1.71 bits per heavy atom. The van der Waals surface area contributed by atoms with E-state index in [2.05, 4.69) is 37.9 Å². The van der Waals surface area contributed by atoms with Crippen molar-refractivity contribution in [2.45, 2.75) is 71.4 Å². The third kappa shape index (κ3) is 3.69. The van der Waals surface area contributed by atoms with Crippen molar-refractivity contribution in [2.75, 3.05) is 19.6 Å². The van der Waals surface area contributed by atoms with Gasteiger partial charge in [0.2, 0.25) is 0 Å². The summed E-state index contributed by atoms with van der Waals surface area (Å²) in [7, 11) is 0. The van der Waals surface area contributed by atoms with Gasteiger partial charge in [-0.05, 0) is 64.5 Å². The zero-order valence-electron chi connectivity index (χ0n) is 12.2. The zero-order valence-corrected chi connectivity index (χ0v) is 12.2. The highest BCUT2D eigenvalue weighted by atomic mass is 15.2. The van der Waals surface area contributed by atoms with Crippen molar-refractivity contribution in [3.05, 3.63) is 0 Å². The molecule has 17 heavy (non-hydrogen) atoms. The fourth-order valence-corrected chi connectivity index (χ4v) is 3.41. The average Bonchev–Trinajstić information content (AvgIpc) is 2.39. The molecule has 0 unspecified atom stereocenters. The van der Waals surface area contributed by atoms with E-state index >= 15 is 0 Å². The monoisotopic (exact) mass is 238 g/mol. The Kier molecular flexibility index (Phi) is 3.84. The molecule has 1 N–H and O–H groups in total. The fraction of sp³-hybridized carbons (Fsp3) is 1.00. The SMILES string of the molecule is CC1(C)CCC(N2CCCNC(C)(C)C2)CC1. The van der Waals surface area contributed by atoms with Gasteiger partial charge in [-0.3, -0.25) is 4.90 Å². The van der Waals surface area contributed by atoms with Crippen LogP contribution in [-0.2, 0) is 0 Å². The van der Waals surface area contributed by atoms with Crippen molar-refractivity contribution in [3.63, 3.8) is 0 Å². The van der Waals surface area contributed by atoms with Crippen LogP contribution in [0.4, 0.5) is 0 Å². The van der Waals surface area contributed by atoms with Crippen LogP contribution < -0.4 is 5.32 Å². The normalized spacial score (nSPS) is 31.1. The lowest BCUT2D eigenvalue weighted by atomic mass is 9.75. The molecule has 2 aliphatic rings. The maximum atomic E-state index is 3.66. The number of nitrogens with one attached hydrogen (secondary N) is 1. The predicted octanol–water partition coefficient (Wildman–Crippen LogP) is 3.03. The minimum absolute atomic E-state index is 0.295. The molecule has 1 saturated heterocycles. The van der Waals surface area contributed by atoms with Gasteiger partial charge in [0.1, 0.15) is 0 Å². The molecular formula is C15H30N2. The minimum atomic E-state index is 0.295. The van der Waals surface area contributed by atoms with E-state index in [1.807, 2.05) is 0 Å². The molecule has 1 aliphatic carbocycles. The average molecular weight is 238 g/mol. The first kappa shape index (κ1) is 13.4. The van der Waals surface area contributed by atoms with Gasteiger partial charge in [0.05, 0.1) is 0 Å². The third-order valence-corrected chi connectivity index (χ3v) is 4.65. The van der Waals surface area contributed by atoms with Gasteiger partial charge in [0.25, 0.3) is 0 Å². The molecule has 2 heteroatoms. The summed E-state index contributed by atoms with van der Waals surface area (Å²) in [6.45, 7) is 13.2. The van der Waals surface area contributed by atoms with Gasteiger partial charge in [0, 0.05) is 18.1 Å². The van der Waals surface area contributed by atoms with E-state index in [1.54, 1.807) is 0 Å². The number of nitrogens with zero attached hydrogens (tertiary/aromatic N) is 1. The maximum Gasteiger partial charge on any atom is 0.0252 e. The van der Waals surface area contributed by atoms with Gasteiger partial charge in [0.15, 0.2) is 0 Å². The lowest BCUT2D eigenvalue weighted by Gasteiger charge is -2.41. The highest BCUT2D eigenvalue weighted by molar-refractivity contribution is 4.90. The van der Waals surface area contributed by atoms with Crippen LogP contribution in [0.25, 0.3) is 0 Å². The Bertz CT molecular complexity index is 248. The lowest BCUT2D eigenvalue weighted by molar-refractivity contribution is 0.0953. The van der Waals surface area contributed by atoms with Gasteiger partial charge >= 0.3 is 0 Å². The molecule has 0 aromatic carbocycles. The Morgan fingerprint density at radius 1 is 1.06 bits per heavy atom. The van der Waals surface area contributed by atoms with E-state index < -0.39 is 0 Å². The summed E-state index contributed by atoms with van der Waals surface area (Å²) in [6, 6.07) is 0.849. The largest absolute Gasteiger partial charge is 0.310 e. The van der Waals surface area contributed by atoms with Crippen LogP contribution in [0, 0.1) is 5.41 Å². The second-order valence-corrected chi connectivity index (χ2v) is 7.53. The standard InChI is InChI=1S/C15H30N2/c1-14(2)8-6-13(7-9-14)17-11-5-10-16-15(3,4)12-17/h13,16H,5-12H2,1-4H3. The number of hydrogen-bond acceptors (Lipinski definition) is 2. The summed E-state index contributed by atoms with van der Waals surface area (Å²) < 4.78 is 0. The van der Waals surface area contributed by atoms with E-state index in [0.717, 1.165) is 6.04 Å². The van der Waals surface area contributed by atoms with Gasteiger partial charge in [-0.15, -0.1) is 0 Å². The fourth-order valence-electron chi connectivity index (χ4n) is 3.41. The van der Waals surface area contributed by atoms with Gasteiger partial charge in [-0.1, -0.05) is 13.8 Å². The molecule has 2 fully saturated rings. The molecule has 0 aromatic rings. The topological polar surface area (TPSA) is 15.3 Å². The van der Waals surface area contributed by atoms with Crippen molar-refractivity contribution in [3.8, 4) is 0 Å². The summed E-state index contributed by atoms with van der Waals surface area (Å²) in [5, 5.41) is 3.66. The van der Waals surface area contributed by atoms with Gasteiger partial charge in [-0.2, -0.15) is 0 Å². The summed E-state index contributed by atoms with van der Waals surface area (Å²) in [5.41, 5.74) is 0.888. The molecule has 2 rings (SSSR count). The second kappa shape index (κ2) is 4.89. The molecule has 2 nitrogen and oxygen atoms in total. The van der Waals surface area contributed by atoms with Crippen LogP contribution in [0.2, 0.25) is 0 Å². The molecule has 0 atom stereocenters. The zero-order chi connectivity index (χ0) is 12.5. The summed E-state index contributed by atoms with van der Waals surface area (Å²) in [6.07, 6.45) is 6.93. The molecule has 0 spiro atoms. The van der Waals surface area contributed by atoms with Gasteiger partial charge in [-0.25, -0.2) is 0 Å². The van der Waals surface area contributed by atoms with E-state index in [4.69, 9.17) is 0 Å². The van der Waals surface area contributed by atoms with Crippen LogP contribution in [0.15, 0.2) is 0 Å². The van der Waals surface area contributed by atoms with Crippen LogP contribution >= 0.6 is 0 Å². The van der Waals surface area contributed by atoms with Crippen LogP contribution in [-0.4, -0.2) is 36.1 Å². The third-order valence-electron chi connectivity index (χ3n) is 4.65. The molecule has 1 aliphatic heterocycles. The first-order chi connectivity index (χ1) is 7.88. The number of rotatable bonds is 1. The minimum Gasteiger partial charge on any atom is -0.310 e. The molecule has 0 bridgehead atoms. The van der Waals surface area contributed by atoms with Crippen LogP contribution in [0.3, 0.4) is 0 Å². The van der Waals surface area contributed by atoms with Crippen molar-refractivity contribution >= 4 is 0 Å². The van der Waals surface area contributed by atoms with Crippen LogP contribution in [0.5, 0.6) is 0 Å². The van der Waals surface area contributed by atoms with Crippen molar-refractivity contribution < 1.29 is 0 Å². The first-order valence-electron chi connectivity index (χ1n) is 7.37. The highest BCUT2D eigenvalue weighted by Crippen LogP contribution is 2.37. The second-order valence-electron chi connectivity index (χ2n) is 7.53. The highest BCUT2D eigenvalue weighted by Gasteiger charge is 2.33. The van der Waals surface area contributed by atoms with Crippen molar-refractivity contribution in [2.24, 2.45) is 5.41 Å². The van der Waals surface area contributed by atoms with Crippen LogP contribution in [0.1, 0.15) is 59.8 Å². The molecule has 1 saturated carbocycles. The quantitative estimate of drug-likeness (QED) is 0.755. The Hall–Kier alpha value is -0.0800. The molecular weight excluding hydrogens is 208 g/mol. The molecule has 0 amide bonds. The van der Waals surface area contributed by atoms with Gasteiger partial charge < -0.3 is 5.32 Å². The summed E-state index contributed by atoms with van der Waals surface area (Å²) in [4.78, 5) is 2.76. The molecule has 100 valence electrons. The van der Waals surface area contributed by atoms with E-state index in [0.29, 0.717) is 11.0 Å². The summed E-state index contributed by atoms with van der Waals surface area (Å²) >= 11 is 0. The van der Waals surface area contributed by atoms with E-state index in [-0.39, 0.29) is 0 Å².